The molecule has 0 bridgehead atoms. The highest BCUT2D eigenvalue weighted by molar-refractivity contribution is 4.82. The maximum Gasteiger partial charge on any atom is 0.166 e. The molecule has 0 aliphatic heterocycles. The molecule has 0 saturated heterocycles. The Balaban J connectivity index is -0.000000114. The summed E-state index contributed by atoms with van der Waals surface area (Å²) in [5.74, 6) is 0. The molecule has 1 aromatic rings. The lowest BCUT2D eigenvalue weighted by Gasteiger charge is -1.63. The summed E-state index contributed by atoms with van der Waals surface area (Å²) in [7, 11) is 1.75. The van der Waals surface area contributed by atoms with Gasteiger partial charge in [0.2, 0.25) is 0 Å². The van der Waals surface area contributed by atoms with Crippen LogP contribution in [0.3, 0.4) is 0 Å². The Kier molecular flexibility index (Phi) is 26.0. The molecule has 2 nitrogen and oxygen atoms in total. The summed E-state index contributed by atoms with van der Waals surface area (Å²) < 4.78 is 0. The van der Waals surface area contributed by atoms with Crippen molar-refractivity contribution < 1.29 is 35.5 Å². The lowest BCUT2D eigenvalue weighted by atomic mass is 10.5. The van der Waals surface area contributed by atoms with Crippen molar-refractivity contribution in [3.05, 3.63) is 30.6 Å². The highest BCUT2D eigenvalue weighted by Gasteiger charge is 1.65. The van der Waals surface area contributed by atoms with Crippen LogP contribution in [0.5, 0.6) is 0 Å². The zero-order chi connectivity index (χ0) is 6.24. The van der Waals surface area contributed by atoms with Gasteiger partial charge in [0, 0.05) is 12.1 Å². The smallest absolute Gasteiger partial charge is 0.166 e. The van der Waals surface area contributed by atoms with Crippen LogP contribution in [0, 0.1) is 0 Å². The van der Waals surface area contributed by atoms with Crippen molar-refractivity contribution in [3.8, 4) is 0 Å². The van der Waals surface area contributed by atoms with E-state index in [0.717, 1.165) is 0 Å². The number of aromatic amines is 1. The van der Waals surface area contributed by atoms with Gasteiger partial charge >= 0.3 is 0 Å². The molecule has 0 unspecified atom stereocenters. The van der Waals surface area contributed by atoms with Crippen LogP contribution in [0.1, 0.15) is 0 Å². The summed E-state index contributed by atoms with van der Waals surface area (Å²) >= 11 is 0. The van der Waals surface area contributed by atoms with Gasteiger partial charge in [-0.2, -0.15) is 0 Å². The molecule has 0 aliphatic carbocycles. The van der Waals surface area contributed by atoms with E-state index in [1.54, 1.807) is 7.05 Å². The van der Waals surface area contributed by atoms with E-state index >= 15 is 0 Å². The van der Waals surface area contributed by atoms with E-state index in [1.165, 1.54) is 0 Å². The number of halogens is 2. The van der Waals surface area contributed by atoms with Crippen molar-refractivity contribution in [2.75, 3.05) is 7.05 Å². The molecule has 0 aliphatic rings. The van der Waals surface area contributed by atoms with Gasteiger partial charge in [-0.1, -0.05) is 6.07 Å². The van der Waals surface area contributed by atoms with Gasteiger partial charge in [-0.05, 0) is 0 Å². The second-order valence-corrected chi connectivity index (χ2v) is 1.08. The Labute approximate surface area is 73.7 Å². The zero-order valence-corrected chi connectivity index (χ0v) is 7.36. The largest absolute Gasteiger partial charge is 1.00 e. The highest BCUT2D eigenvalue weighted by atomic mass is 35.5. The molecule has 1 rings (SSSR count). The molecule has 0 fully saturated rings. The van der Waals surface area contributed by atoms with Gasteiger partial charge in [0.1, 0.15) is 0 Å². The number of H-pyrrole nitrogens is 1. The average molecular weight is 183 g/mol. The van der Waals surface area contributed by atoms with Crippen LogP contribution in [-0.4, -0.2) is 7.05 Å². The third-order valence-electron chi connectivity index (χ3n) is 0.607. The van der Waals surface area contributed by atoms with Gasteiger partial charge in [-0.3, -0.25) is 0 Å². The standard InChI is InChI=1S/C5H5N.CH5N.2ClH/c1-2-4-6-5-3-1;1-2;;/h1-5H;2H2,1H3;2*1H. The summed E-state index contributed by atoms with van der Waals surface area (Å²) in [4.78, 5) is 2.89. The molecule has 0 saturated carbocycles. The summed E-state index contributed by atoms with van der Waals surface area (Å²) in [5.41, 5.74) is 3.25. The maximum atomic E-state index is 3.25. The Morgan fingerprint density at radius 1 is 0.900 bits per heavy atom. The second kappa shape index (κ2) is 15.9. The van der Waals surface area contributed by atoms with Crippen molar-refractivity contribution in [1.29, 1.82) is 0 Å². The minimum absolute atomic E-state index is 0. The normalized spacial score (nSPS) is 5.40. The minimum atomic E-state index is 0. The van der Waals surface area contributed by atoms with E-state index < -0.39 is 0 Å². The van der Waals surface area contributed by atoms with E-state index in [9.17, 15) is 0 Å². The molecule has 0 atom stereocenters. The molecule has 0 spiro atoms. The fraction of sp³-hybridized carbons (Fsp3) is 0.167. The van der Waals surface area contributed by atoms with Gasteiger partial charge in [-0.15, -0.1) is 0 Å². The highest BCUT2D eigenvalue weighted by Crippen LogP contribution is 1.68. The van der Waals surface area contributed by atoms with Crippen LogP contribution < -0.4 is 35.5 Å². The van der Waals surface area contributed by atoms with Crippen LogP contribution in [-0.2, 0) is 0 Å². The Bertz CT molecular complexity index is 85.7. The third kappa shape index (κ3) is 10.6. The number of rotatable bonds is 0. The van der Waals surface area contributed by atoms with Crippen molar-refractivity contribution in [2.24, 2.45) is 0 Å². The number of hydrogen-bond acceptors (Lipinski definition) is 0. The summed E-state index contributed by atoms with van der Waals surface area (Å²) in [6.45, 7) is 0. The average Bonchev–Trinajstić information content (AvgIpc) is 1.96. The van der Waals surface area contributed by atoms with E-state index in [4.69, 9.17) is 0 Å². The topological polar surface area (TPSA) is 41.8 Å². The van der Waals surface area contributed by atoms with Crippen molar-refractivity contribution in [3.63, 3.8) is 0 Å². The fourth-order valence-electron chi connectivity index (χ4n) is 0.342. The maximum absolute atomic E-state index is 3.25. The molecule has 60 valence electrons. The fourth-order valence-corrected chi connectivity index (χ4v) is 0.342. The molecule has 0 aromatic carbocycles. The SMILES string of the molecule is C[NH3+].[Cl-].[Cl-].c1cc[nH+]cc1. The predicted octanol–water partition coefficient (Wildman–Crippen LogP) is -6.63. The van der Waals surface area contributed by atoms with Gasteiger partial charge in [0.25, 0.3) is 0 Å². The Morgan fingerprint density at radius 2 is 1.30 bits per heavy atom. The Hall–Kier alpha value is -0.310. The number of aromatic nitrogens is 1. The molecule has 4 heteroatoms. The molecule has 1 heterocycles. The molecular formula is C6H12Cl2N2. The Morgan fingerprint density at radius 3 is 1.40 bits per heavy atom. The third-order valence-corrected chi connectivity index (χ3v) is 0.607. The molecule has 1 aromatic heterocycles. The van der Waals surface area contributed by atoms with Gasteiger partial charge in [0.15, 0.2) is 12.4 Å². The van der Waals surface area contributed by atoms with Gasteiger partial charge in [-0.25, -0.2) is 4.98 Å². The van der Waals surface area contributed by atoms with Crippen LogP contribution in [0.15, 0.2) is 30.6 Å². The van der Waals surface area contributed by atoms with Gasteiger partial charge in [0.05, 0.1) is 7.05 Å². The van der Waals surface area contributed by atoms with Crippen molar-refractivity contribution >= 4 is 0 Å². The molecule has 0 amide bonds. The summed E-state index contributed by atoms with van der Waals surface area (Å²) in [6.07, 6.45) is 3.75. The molecule has 4 N–H and O–H groups in total. The zero-order valence-electron chi connectivity index (χ0n) is 5.85. The number of nitrogens with one attached hydrogen (secondary N) is 1. The first-order valence-electron chi connectivity index (χ1n) is 2.62. The van der Waals surface area contributed by atoms with Crippen molar-refractivity contribution in [1.82, 2.24) is 0 Å². The first-order chi connectivity index (χ1) is 4.00. The predicted molar refractivity (Wildman–Crippen MR) is 31.8 cm³/mol. The van der Waals surface area contributed by atoms with Crippen LogP contribution in [0.25, 0.3) is 0 Å². The van der Waals surface area contributed by atoms with Crippen LogP contribution in [0.4, 0.5) is 0 Å². The number of pyridine rings is 1. The quantitative estimate of drug-likeness (QED) is 0.415. The first-order valence-corrected chi connectivity index (χ1v) is 2.62. The monoisotopic (exact) mass is 182 g/mol. The van der Waals surface area contributed by atoms with Crippen LogP contribution in [0.2, 0.25) is 0 Å². The molecule has 10 heavy (non-hydrogen) atoms. The van der Waals surface area contributed by atoms with Crippen molar-refractivity contribution in [2.45, 2.75) is 0 Å². The van der Waals surface area contributed by atoms with E-state index in [0.29, 0.717) is 0 Å². The second-order valence-electron chi connectivity index (χ2n) is 1.08. The molecule has 0 radical (unpaired) electrons. The summed E-state index contributed by atoms with van der Waals surface area (Å²) in [5, 5.41) is 0. The molecular weight excluding hydrogens is 171 g/mol. The summed E-state index contributed by atoms with van der Waals surface area (Å²) in [6, 6.07) is 5.86. The first kappa shape index (κ1) is 16.3. The lowest BCUT2D eigenvalue weighted by Crippen LogP contribution is -3.00. The minimum Gasteiger partial charge on any atom is -1.00 e. The van der Waals surface area contributed by atoms with E-state index in [1.807, 2.05) is 30.6 Å². The van der Waals surface area contributed by atoms with E-state index in [2.05, 4.69) is 10.7 Å². The van der Waals surface area contributed by atoms with Gasteiger partial charge < -0.3 is 30.5 Å². The van der Waals surface area contributed by atoms with Crippen LogP contribution >= 0.6 is 0 Å². The lowest BCUT2D eigenvalue weighted by molar-refractivity contribution is -0.377. The van der Waals surface area contributed by atoms with E-state index in [-0.39, 0.29) is 24.8 Å². The number of quaternary nitrogens is 1. The number of hydrogen-bond donors (Lipinski definition) is 1.